The molecule has 0 unspecified atom stereocenters. The number of nitrogens with zero attached hydrogens (tertiary/aromatic N) is 3. The highest BCUT2D eigenvalue weighted by Gasteiger charge is 2.00. The molecule has 0 aliphatic carbocycles. The normalized spacial score (nSPS) is 11.2. The summed E-state index contributed by atoms with van der Waals surface area (Å²) in [5.41, 5.74) is 5.99. The summed E-state index contributed by atoms with van der Waals surface area (Å²) in [6.07, 6.45) is 4.57. The van der Waals surface area contributed by atoms with Crippen molar-refractivity contribution in [2.45, 2.75) is 13.3 Å². The number of pyridine rings is 1. The lowest BCUT2D eigenvalue weighted by molar-refractivity contribution is 1.10. The molecule has 2 aromatic heterocycles. The number of nitrogens with one attached hydrogen (secondary N) is 1. The fraction of sp³-hybridized carbons (Fsp3) is 0.133. The highest BCUT2D eigenvalue weighted by molar-refractivity contribution is 7.22. The van der Waals surface area contributed by atoms with Gasteiger partial charge in [-0.15, -0.1) is 0 Å². The van der Waals surface area contributed by atoms with E-state index in [9.17, 15) is 0 Å². The van der Waals surface area contributed by atoms with Gasteiger partial charge < -0.3 is 0 Å². The van der Waals surface area contributed by atoms with Crippen molar-refractivity contribution >= 4 is 32.9 Å². The molecule has 5 heteroatoms. The topological polar surface area (TPSA) is 50.2 Å². The summed E-state index contributed by atoms with van der Waals surface area (Å²) in [6.45, 7) is 2.11. The molecule has 0 aliphatic rings. The van der Waals surface area contributed by atoms with Gasteiger partial charge in [0, 0.05) is 6.20 Å². The van der Waals surface area contributed by atoms with E-state index in [4.69, 9.17) is 0 Å². The van der Waals surface area contributed by atoms with Crippen molar-refractivity contribution in [1.29, 1.82) is 0 Å². The van der Waals surface area contributed by atoms with E-state index in [0.29, 0.717) is 0 Å². The maximum Gasteiger partial charge on any atom is 0.204 e. The van der Waals surface area contributed by atoms with Gasteiger partial charge in [-0.05, 0) is 30.2 Å². The van der Waals surface area contributed by atoms with Gasteiger partial charge >= 0.3 is 0 Å². The number of thiazole rings is 1. The number of para-hydroxylation sites is 1. The number of benzene rings is 1. The monoisotopic (exact) mass is 282 g/mol. The maximum atomic E-state index is 4.44. The largest absolute Gasteiger partial charge is 0.255 e. The van der Waals surface area contributed by atoms with Crippen LogP contribution >= 0.6 is 11.3 Å². The Labute approximate surface area is 121 Å². The highest BCUT2D eigenvalue weighted by atomic mass is 32.1. The summed E-state index contributed by atoms with van der Waals surface area (Å²) >= 11 is 1.58. The van der Waals surface area contributed by atoms with E-state index in [1.807, 2.05) is 36.5 Å². The molecule has 0 spiro atoms. The van der Waals surface area contributed by atoms with Gasteiger partial charge in [0.15, 0.2) is 0 Å². The molecule has 4 nitrogen and oxygen atoms in total. The molecular weight excluding hydrogens is 268 g/mol. The van der Waals surface area contributed by atoms with Crippen molar-refractivity contribution in [2.75, 3.05) is 5.43 Å². The molecule has 100 valence electrons. The molecule has 3 aromatic rings. The second kappa shape index (κ2) is 5.79. The third kappa shape index (κ3) is 2.83. The number of hydrazone groups is 1. The van der Waals surface area contributed by atoms with Crippen molar-refractivity contribution in [3.63, 3.8) is 0 Å². The zero-order valence-electron chi connectivity index (χ0n) is 11.1. The first kappa shape index (κ1) is 12.7. The first-order chi connectivity index (χ1) is 9.85. The Balaban J connectivity index is 1.69. The molecule has 0 fully saturated rings. The first-order valence-electron chi connectivity index (χ1n) is 6.45. The molecule has 0 radical (unpaired) electrons. The Bertz CT molecular complexity index is 698. The Kier molecular flexibility index (Phi) is 3.69. The molecule has 1 N–H and O–H groups in total. The van der Waals surface area contributed by atoms with Crippen LogP contribution in [0.15, 0.2) is 47.7 Å². The number of rotatable bonds is 4. The molecule has 20 heavy (non-hydrogen) atoms. The van der Waals surface area contributed by atoms with Crippen molar-refractivity contribution in [3.8, 4) is 0 Å². The quantitative estimate of drug-likeness (QED) is 0.586. The standard InChI is InChI=1S/C15H14N4S/c1-2-11-7-8-12(16-9-11)10-17-19-15-18-13-5-3-4-6-14(13)20-15/h3-10H,2H2,1H3,(H,18,19)/b17-10+. The molecule has 0 amide bonds. The Morgan fingerprint density at radius 3 is 2.90 bits per heavy atom. The van der Waals surface area contributed by atoms with E-state index in [1.165, 1.54) is 5.56 Å². The van der Waals surface area contributed by atoms with Gasteiger partial charge in [0.05, 0.1) is 22.1 Å². The van der Waals surface area contributed by atoms with Gasteiger partial charge in [0.25, 0.3) is 0 Å². The second-order valence-electron chi connectivity index (χ2n) is 4.30. The van der Waals surface area contributed by atoms with Gasteiger partial charge in [0.2, 0.25) is 5.13 Å². The van der Waals surface area contributed by atoms with Crippen molar-refractivity contribution in [1.82, 2.24) is 9.97 Å². The van der Waals surface area contributed by atoms with Crippen LogP contribution < -0.4 is 5.43 Å². The lowest BCUT2D eigenvalue weighted by atomic mass is 10.2. The fourth-order valence-electron chi connectivity index (χ4n) is 1.80. The third-order valence-corrected chi connectivity index (χ3v) is 3.85. The molecule has 1 aromatic carbocycles. The summed E-state index contributed by atoms with van der Waals surface area (Å²) in [5.74, 6) is 0. The zero-order valence-corrected chi connectivity index (χ0v) is 11.9. The molecule has 0 aliphatic heterocycles. The van der Waals surface area contributed by atoms with E-state index in [-0.39, 0.29) is 0 Å². The van der Waals surface area contributed by atoms with Crippen LogP contribution in [0.3, 0.4) is 0 Å². The van der Waals surface area contributed by atoms with Crippen LogP contribution in [0.2, 0.25) is 0 Å². The minimum absolute atomic E-state index is 0.785. The third-order valence-electron chi connectivity index (χ3n) is 2.91. The van der Waals surface area contributed by atoms with E-state index in [0.717, 1.165) is 27.5 Å². The van der Waals surface area contributed by atoms with E-state index in [2.05, 4.69) is 33.5 Å². The molecule has 0 atom stereocenters. The van der Waals surface area contributed by atoms with Gasteiger partial charge in [-0.25, -0.2) is 4.98 Å². The molecule has 0 saturated heterocycles. The van der Waals surface area contributed by atoms with E-state index >= 15 is 0 Å². The minimum Gasteiger partial charge on any atom is -0.255 e. The van der Waals surface area contributed by atoms with Crippen LogP contribution in [-0.2, 0) is 6.42 Å². The summed E-state index contributed by atoms with van der Waals surface area (Å²) in [4.78, 5) is 8.76. The molecule has 0 bridgehead atoms. The molecule has 0 saturated carbocycles. The van der Waals surface area contributed by atoms with Crippen molar-refractivity contribution in [2.24, 2.45) is 5.10 Å². The zero-order chi connectivity index (χ0) is 13.8. The number of aryl methyl sites for hydroxylation is 1. The van der Waals surface area contributed by atoms with Gasteiger partial charge in [-0.3, -0.25) is 10.4 Å². The minimum atomic E-state index is 0.785. The maximum absolute atomic E-state index is 4.44. The highest BCUT2D eigenvalue weighted by Crippen LogP contribution is 2.25. The van der Waals surface area contributed by atoms with Crippen LogP contribution in [-0.4, -0.2) is 16.2 Å². The van der Waals surface area contributed by atoms with Crippen LogP contribution in [0.4, 0.5) is 5.13 Å². The smallest absolute Gasteiger partial charge is 0.204 e. The Hall–Kier alpha value is -2.27. The predicted octanol–water partition coefficient (Wildman–Crippen LogP) is 3.70. The Morgan fingerprint density at radius 1 is 1.25 bits per heavy atom. The lowest BCUT2D eigenvalue weighted by Gasteiger charge is -1.96. The van der Waals surface area contributed by atoms with Crippen LogP contribution in [0, 0.1) is 0 Å². The molecule has 2 heterocycles. The summed E-state index contributed by atoms with van der Waals surface area (Å²) in [6, 6.07) is 12.0. The number of fused-ring (bicyclic) bond motifs is 1. The predicted molar refractivity (Wildman–Crippen MR) is 84.5 cm³/mol. The van der Waals surface area contributed by atoms with Crippen molar-refractivity contribution < 1.29 is 0 Å². The molecule has 3 rings (SSSR count). The van der Waals surface area contributed by atoms with Crippen LogP contribution in [0.1, 0.15) is 18.2 Å². The average Bonchev–Trinajstić information content (AvgIpc) is 2.90. The second-order valence-corrected chi connectivity index (χ2v) is 5.33. The SMILES string of the molecule is CCc1ccc(/C=N/Nc2nc3ccccc3s2)nc1. The summed E-state index contributed by atoms with van der Waals surface area (Å²) in [5, 5.41) is 4.96. The van der Waals surface area contributed by atoms with Crippen LogP contribution in [0.5, 0.6) is 0 Å². The van der Waals surface area contributed by atoms with E-state index < -0.39 is 0 Å². The number of hydrogen-bond donors (Lipinski definition) is 1. The summed E-state index contributed by atoms with van der Waals surface area (Å²) in [7, 11) is 0. The van der Waals surface area contributed by atoms with Crippen molar-refractivity contribution in [3.05, 3.63) is 53.9 Å². The van der Waals surface area contributed by atoms with E-state index in [1.54, 1.807) is 17.6 Å². The first-order valence-corrected chi connectivity index (χ1v) is 7.26. The summed E-state index contributed by atoms with van der Waals surface area (Å²) < 4.78 is 1.15. The molecular formula is C15H14N4S. The van der Waals surface area contributed by atoms with Gasteiger partial charge in [-0.2, -0.15) is 5.10 Å². The van der Waals surface area contributed by atoms with Gasteiger partial charge in [-0.1, -0.05) is 36.5 Å². The lowest BCUT2D eigenvalue weighted by Crippen LogP contribution is -1.93. The average molecular weight is 282 g/mol. The van der Waals surface area contributed by atoms with Crippen LogP contribution in [0.25, 0.3) is 10.2 Å². The number of hydrogen-bond acceptors (Lipinski definition) is 5. The number of aromatic nitrogens is 2. The van der Waals surface area contributed by atoms with Gasteiger partial charge in [0.1, 0.15) is 0 Å². The fourth-order valence-corrected chi connectivity index (χ4v) is 2.61. The Morgan fingerprint density at radius 2 is 2.15 bits per heavy atom. The number of anilines is 1.